The molecule has 2 amide bonds. The van der Waals surface area contributed by atoms with Crippen LogP contribution < -0.4 is 9.64 Å². The molecule has 2 aromatic carbocycles. The Labute approximate surface area is 168 Å². The third-order valence-electron chi connectivity index (χ3n) is 4.61. The van der Waals surface area contributed by atoms with Gasteiger partial charge in [0.05, 0.1) is 13.0 Å². The number of halogens is 1. The molecule has 0 radical (unpaired) electrons. The number of benzene rings is 2. The second-order valence-corrected chi connectivity index (χ2v) is 7.53. The monoisotopic (exact) mass is 430 g/mol. The summed E-state index contributed by atoms with van der Waals surface area (Å²) in [7, 11) is 1.78. The first-order valence-electron chi connectivity index (χ1n) is 9.04. The van der Waals surface area contributed by atoms with Gasteiger partial charge >= 0.3 is 0 Å². The highest BCUT2D eigenvalue weighted by Gasteiger charge is 2.21. The maximum absolute atomic E-state index is 12.4. The fraction of sp³-hybridized carbons (Fsp3) is 0.333. The van der Waals surface area contributed by atoms with Crippen molar-refractivity contribution in [1.82, 2.24) is 4.90 Å². The third kappa shape index (κ3) is 5.32. The number of amides is 2. The maximum Gasteiger partial charge on any atom is 0.227 e. The molecule has 1 aliphatic heterocycles. The van der Waals surface area contributed by atoms with E-state index in [9.17, 15) is 9.59 Å². The van der Waals surface area contributed by atoms with Crippen LogP contribution in [0.2, 0.25) is 0 Å². The predicted molar refractivity (Wildman–Crippen MR) is 109 cm³/mol. The van der Waals surface area contributed by atoms with Crippen molar-refractivity contribution in [2.45, 2.75) is 19.3 Å². The molecule has 0 saturated carbocycles. The third-order valence-corrected chi connectivity index (χ3v) is 5.14. The summed E-state index contributed by atoms with van der Waals surface area (Å²) in [5.41, 5.74) is 1.85. The first-order valence-corrected chi connectivity index (χ1v) is 9.84. The molecule has 0 aromatic heterocycles. The van der Waals surface area contributed by atoms with Crippen LogP contribution in [0.3, 0.4) is 0 Å². The summed E-state index contributed by atoms with van der Waals surface area (Å²) in [4.78, 5) is 27.7. The van der Waals surface area contributed by atoms with E-state index in [1.165, 1.54) is 0 Å². The topological polar surface area (TPSA) is 49.9 Å². The van der Waals surface area contributed by atoms with E-state index in [1.54, 1.807) is 16.8 Å². The van der Waals surface area contributed by atoms with Crippen LogP contribution in [0.15, 0.2) is 53.0 Å². The van der Waals surface area contributed by atoms with Gasteiger partial charge in [-0.25, -0.2) is 0 Å². The molecule has 0 N–H and O–H groups in total. The smallest absolute Gasteiger partial charge is 0.227 e. The summed E-state index contributed by atoms with van der Waals surface area (Å²) in [6, 6.07) is 15.3. The molecule has 0 bridgehead atoms. The van der Waals surface area contributed by atoms with Crippen LogP contribution >= 0.6 is 15.9 Å². The number of hydrogen-bond donors (Lipinski definition) is 0. The number of rotatable bonds is 7. The summed E-state index contributed by atoms with van der Waals surface area (Å²) in [6.07, 6.45) is 1.86. The van der Waals surface area contributed by atoms with Crippen LogP contribution in [0.1, 0.15) is 18.4 Å². The first-order chi connectivity index (χ1) is 13.0. The Hall–Kier alpha value is -2.34. The van der Waals surface area contributed by atoms with E-state index in [-0.39, 0.29) is 11.8 Å². The van der Waals surface area contributed by atoms with Crippen LogP contribution in [-0.4, -0.2) is 43.5 Å². The maximum atomic E-state index is 12.4. The van der Waals surface area contributed by atoms with Crippen molar-refractivity contribution in [3.05, 3.63) is 58.6 Å². The lowest BCUT2D eigenvalue weighted by Gasteiger charge is -2.18. The van der Waals surface area contributed by atoms with Crippen LogP contribution in [0.25, 0.3) is 0 Å². The molecule has 1 heterocycles. The molecule has 6 heteroatoms. The minimum atomic E-state index is 0.0411. The molecule has 1 aliphatic rings. The van der Waals surface area contributed by atoms with Gasteiger partial charge < -0.3 is 14.5 Å². The number of nitrogens with zero attached hydrogens (tertiary/aromatic N) is 2. The average Bonchev–Trinajstić information content (AvgIpc) is 3.10. The van der Waals surface area contributed by atoms with Gasteiger partial charge in [0, 0.05) is 30.2 Å². The highest BCUT2D eigenvalue weighted by molar-refractivity contribution is 9.10. The molecule has 1 saturated heterocycles. The summed E-state index contributed by atoms with van der Waals surface area (Å²) >= 11 is 3.39. The molecule has 142 valence electrons. The van der Waals surface area contributed by atoms with Crippen LogP contribution in [0.5, 0.6) is 5.75 Å². The highest BCUT2D eigenvalue weighted by Crippen LogP contribution is 2.22. The molecule has 27 heavy (non-hydrogen) atoms. The average molecular weight is 431 g/mol. The van der Waals surface area contributed by atoms with Gasteiger partial charge in [0.2, 0.25) is 11.8 Å². The van der Waals surface area contributed by atoms with Crippen LogP contribution in [-0.2, 0) is 16.0 Å². The number of carbonyl (C=O) groups is 2. The quantitative estimate of drug-likeness (QED) is 0.673. The van der Waals surface area contributed by atoms with Crippen molar-refractivity contribution in [2.75, 3.05) is 31.6 Å². The first kappa shape index (κ1) is 19.4. The number of hydrogen-bond acceptors (Lipinski definition) is 3. The summed E-state index contributed by atoms with van der Waals surface area (Å²) in [5, 5.41) is 0. The molecular formula is C21H23BrN2O3. The number of anilines is 1. The van der Waals surface area contributed by atoms with Gasteiger partial charge in [-0.05, 0) is 48.4 Å². The Morgan fingerprint density at radius 2 is 1.85 bits per heavy atom. The van der Waals surface area contributed by atoms with Gasteiger partial charge in [-0.2, -0.15) is 0 Å². The van der Waals surface area contributed by atoms with Crippen molar-refractivity contribution >= 4 is 33.4 Å². The second-order valence-electron chi connectivity index (χ2n) is 6.61. The Balaban J connectivity index is 1.46. The number of ether oxygens (including phenoxy) is 1. The van der Waals surface area contributed by atoms with E-state index in [0.29, 0.717) is 26.0 Å². The molecule has 0 unspecified atom stereocenters. The molecule has 3 rings (SSSR count). The SMILES string of the molecule is CN(CCOc1ccc(Br)cc1)C(=O)Cc1ccc(N2CCCC2=O)cc1. The lowest BCUT2D eigenvalue weighted by molar-refractivity contribution is -0.129. The normalized spacial score (nSPS) is 13.7. The summed E-state index contributed by atoms with van der Waals surface area (Å²) in [5.74, 6) is 0.995. The fourth-order valence-electron chi connectivity index (χ4n) is 2.98. The van der Waals surface area contributed by atoms with Crippen molar-refractivity contribution in [1.29, 1.82) is 0 Å². The van der Waals surface area contributed by atoms with Crippen LogP contribution in [0, 0.1) is 0 Å². The van der Waals surface area contributed by atoms with Gasteiger partial charge in [-0.1, -0.05) is 28.1 Å². The van der Waals surface area contributed by atoms with E-state index < -0.39 is 0 Å². The molecule has 5 nitrogen and oxygen atoms in total. The van der Waals surface area contributed by atoms with Gasteiger partial charge in [-0.15, -0.1) is 0 Å². The molecule has 0 aliphatic carbocycles. The van der Waals surface area contributed by atoms with Crippen molar-refractivity contribution < 1.29 is 14.3 Å². The Kier molecular flexibility index (Phi) is 6.50. The lowest BCUT2D eigenvalue weighted by Crippen LogP contribution is -2.32. The highest BCUT2D eigenvalue weighted by atomic mass is 79.9. The Morgan fingerprint density at radius 1 is 1.15 bits per heavy atom. The fourth-order valence-corrected chi connectivity index (χ4v) is 3.24. The number of likely N-dealkylation sites (N-methyl/N-ethyl adjacent to an activating group) is 1. The van der Waals surface area contributed by atoms with E-state index in [1.807, 2.05) is 48.5 Å². The van der Waals surface area contributed by atoms with Crippen molar-refractivity contribution in [3.8, 4) is 5.75 Å². The minimum Gasteiger partial charge on any atom is -0.492 e. The summed E-state index contributed by atoms with van der Waals surface area (Å²) < 4.78 is 6.66. The molecule has 1 fully saturated rings. The van der Waals surface area contributed by atoms with E-state index in [2.05, 4.69) is 15.9 Å². The molecule has 0 spiro atoms. The van der Waals surface area contributed by atoms with Gasteiger partial charge in [0.15, 0.2) is 0 Å². The van der Waals surface area contributed by atoms with E-state index >= 15 is 0 Å². The van der Waals surface area contributed by atoms with Gasteiger partial charge in [0.1, 0.15) is 12.4 Å². The molecule has 0 atom stereocenters. The standard InChI is InChI=1S/C21H23BrN2O3/c1-23(13-14-27-19-10-6-17(22)7-11-19)21(26)15-16-4-8-18(9-5-16)24-12-2-3-20(24)25/h4-11H,2-3,12-15H2,1H3. The predicted octanol–water partition coefficient (Wildman–Crippen LogP) is 3.66. The largest absolute Gasteiger partial charge is 0.492 e. The van der Waals surface area contributed by atoms with Gasteiger partial charge in [-0.3, -0.25) is 9.59 Å². The molecular weight excluding hydrogens is 408 g/mol. The zero-order chi connectivity index (χ0) is 19.2. The van der Waals surface area contributed by atoms with Crippen molar-refractivity contribution in [2.24, 2.45) is 0 Å². The van der Waals surface area contributed by atoms with E-state index in [4.69, 9.17) is 4.74 Å². The minimum absolute atomic E-state index is 0.0411. The Morgan fingerprint density at radius 3 is 2.48 bits per heavy atom. The second kappa shape index (κ2) is 9.04. The lowest BCUT2D eigenvalue weighted by atomic mass is 10.1. The molecule has 2 aromatic rings. The van der Waals surface area contributed by atoms with Crippen molar-refractivity contribution in [3.63, 3.8) is 0 Å². The summed E-state index contributed by atoms with van der Waals surface area (Å²) in [6.45, 7) is 1.74. The zero-order valence-electron chi connectivity index (χ0n) is 15.4. The van der Waals surface area contributed by atoms with E-state index in [0.717, 1.165) is 34.4 Å². The van der Waals surface area contributed by atoms with Gasteiger partial charge in [0.25, 0.3) is 0 Å². The number of carbonyl (C=O) groups excluding carboxylic acids is 2. The van der Waals surface area contributed by atoms with Crippen LogP contribution in [0.4, 0.5) is 5.69 Å². The Bertz CT molecular complexity index is 790. The zero-order valence-corrected chi connectivity index (χ0v) is 16.9.